The van der Waals surface area contributed by atoms with Gasteiger partial charge in [0, 0.05) is 16.6 Å². The molecule has 6 rings (SSSR count). The minimum Gasteiger partial charge on any atom is -0.326 e. The number of anilines is 1. The molecule has 1 aromatic carbocycles. The summed E-state index contributed by atoms with van der Waals surface area (Å²) in [4.78, 5) is 17.6. The molecule has 0 saturated heterocycles. The molecule has 0 aliphatic heterocycles. The summed E-state index contributed by atoms with van der Waals surface area (Å²) < 4.78 is 0. The van der Waals surface area contributed by atoms with E-state index in [2.05, 4.69) is 27.8 Å². The fourth-order valence-electron chi connectivity index (χ4n) is 5.87. The second-order valence-electron chi connectivity index (χ2n) is 8.48. The molecule has 4 heteroatoms. The molecular weight excluding hydrogens is 328 g/mol. The summed E-state index contributed by atoms with van der Waals surface area (Å²) in [5.74, 6) is 2.66. The van der Waals surface area contributed by atoms with Gasteiger partial charge >= 0.3 is 0 Å². The Kier molecular flexibility index (Phi) is 3.53. The maximum Gasteiger partial charge on any atom is 0.230 e. The molecule has 0 spiro atoms. The molecule has 1 amide bonds. The van der Waals surface area contributed by atoms with Crippen molar-refractivity contribution in [2.75, 3.05) is 5.32 Å². The van der Waals surface area contributed by atoms with E-state index < -0.39 is 0 Å². The molecule has 4 aliphatic rings. The van der Waals surface area contributed by atoms with Crippen LogP contribution >= 0.6 is 11.3 Å². The van der Waals surface area contributed by atoms with Crippen LogP contribution in [-0.4, -0.2) is 10.9 Å². The van der Waals surface area contributed by atoms with Gasteiger partial charge in [-0.1, -0.05) is 12.1 Å². The van der Waals surface area contributed by atoms with Crippen molar-refractivity contribution in [1.82, 2.24) is 4.98 Å². The number of hydrogen-bond donors (Lipinski definition) is 1. The van der Waals surface area contributed by atoms with E-state index in [4.69, 9.17) is 0 Å². The normalized spacial score (nSPS) is 32.8. The summed E-state index contributed by atoms with van der Waals surface area (Å²) in [6.45, 7) is 2.02. The first kappa shape index (κ1) is 15.6. The van der Waals surface area contributed by atoms with Gasteiger partial charge in [0.1, 0.15) is 0 Å². The van der Waals surface area contributed by atoms with Gasteiger partial charge in [-0.05, 0) is 75.3 Å². The topological polar surface area (TPSA) is 42.0 Å². The summed E-state index contributed by atoms with van der Waals surface area (Å²) in [5, 5.41) is 6.39. The third kappa shape index (κ3) is 2.71. The van der Waals surface area contributed by atoms with Gasteiger partial charge in [-0.3, -0.25) is 4.79 Å². The van der Waals surface area contributed by atoms with Crippen LogP contribution in [0, 0.1) is 30.1 Å². The van der Waals surface area contributed by atoms with Crippen molar-refractivity contribution in [3.05, 3.63) is 34.7 Å². The van der Waals surface area contributed by atoms with Gasteiger partial charge in [-0.2, -0.15) is 0 Å². The molecule has 4 bridgehead atoms. The van der Waals surface area contributed by atoms with E-state index in [9.17, 15) is 4.79 Å². The van der Waals surface area contributed by atoms with Crippen LogP contribution in [0.3, 0.4) is 0 Å². The molecule has 4 saturated carbocycles. The van der Waals surface area contributed by atoms with Gasteiger partial charge in [0.15, 0.2) is 0 Å². The Morgan fingerprint density at radius 3 is 2.20 bits per heavy atom. The highest BCUT2D eigenvalue weighted by Crippen LogP contribution is 2.60. The molecular formula is C21H24N2OS. The molecule has 0 unspecified atom stereocenters. The Hall–Kier alpha value is -1.68. The molecule has 1 heterocycles. The maximum atomic E-state index is 13.1. The fraction of sp³-hybridized carbons (Fsp3) is 0.524. The van der Waals surface area contributed by atoms with Crippen LogP contribution in [0.5, 0.6) is 0 Å². The lowest BCUT2D eigenvalue weighted by molar-refractivity contribution is -0.140. The predicted molar refractivity (Wildman–Crippen MR) is 102 cm³/mol. The van der Waals surface area contributed by atoms with Crippen molar-refractivity contribution in [1.29, 1.82) is 0 Å². The Morgan fingerprint density at radius 1 is 1.08 bits per heavy atom. The van der Waals surface area contributed by atoms with E-state index in [0.29, 0.717) is 0 Å². The third-order valence-electron chi connectivity index (χ3n) is 6.58. The van der Waals surface area contributed by atoms with Crippen molar-refractivity contribution < 1.29 is 4.79 Å². The summed E-state index contributed by atoms with van der Waals surface area (Å²) in [7, 11) is 0. The van der Waals surface area contributed by atoms with Crippen LogP contribution in [0.2, 0.25) is 0 Å². The minimum atomic E-state index is -0.0839. The molecule has 0 atom stereocenters. The number of nitrogens with zero attached hydrogens (tertiary/aromatic N) is 1. The minimum absolute atomic E-state index is 0.0839. The van der Waals surface area contributed by atoms with Crippen molar-refractivity contribution in [2.45, 2.75) is 45.4 Å². The zero-order valence-electron chi connectivity index (χ0n) is 14.6. The number of amides is 1. The van der Waals surface area contributed by atoms with Gasteiger partial charge in [-0.25, -0.2) is 4.98 Å². The SMILES string of the molecule is Cc1nc(-c2ccc(NC(=O)C34CC5CC(CC(C5)C3)C4)cc2)cs1. The number of rotatable bonds is 3. The number of hydrogen-bond acceptors (Lipinski definition) is 3. The monoisotopic (exact) mass is 352 g/mol. The Bertz CT molecular complexity index is 772. The van der Waals surface area contributed by atoms with Crippen molar-refractivity contribution in [2.24, 2.45) is 23.2 Å². The molecule has 1 aromatic heterocycles. The van der Waals surface area contributed by atoms with E-state index in [1.54, 1.807) is 11.3 Å². The van der Waals surface area contributed by atoms with Gasteiger partial charge in [0.25, 0.3) is 0 Å². The molecule has 130 valence electrons. The van der Waals surface area contributed by atoms with Crippen LogP contribution in [0.25, 0.3) is 11.3 Å². The number of aryl methyl sites for hydroxylation is 1. The van der Waals surface area contributed by atoms with E-state index >= 15 is 0 Å². The van der Waals surface area contributed by atoms with Crippen molar-refractivity contribution in [3.8, 4) is 11.3 Å². The number of carbonyl (C=O) groups excluding carboxylic acids is 1. The zero-order valence-corrected chi connectivity index (χ0v) is 15.4. The van der Waals surface area contributed by atoms with Crippen molar-refractivity contribution >= 4 is 22.9 Å². The second kappa shape index (κ2) is 5.66. The van der Waals surface area contributed by atoms with Crippen LogP contribution < -0.4 is 5.32 Å². The van der Waals surface area contributed by atoms with E-state index in [-0.39, 0.29) is 11.3 Å². The van der Waals surface area contributed by atoms with E-state index in [0.717, 1.165) is 59.0 Å². The Morgan fingerprint density at radius 2 is 1.68 bits per heavy atom. The first-order valence-electron chi connectivity index (χ1n) is 9.44. The highest BCUT2D eigenvalue weighted by Gasteiger charge is 2.54. The van der Waals surface area contributed by atoms with Crippen molar-refractivity contribution in [3.63, 3.8) is 0 Å². The standard InChI is InChI=1S/C21H24N2OS/c1-13-22-19(12-25-13)17-2-4-18(5-3-17)23-20(24)21-9-14-6-15(10-21)8-16(7-14)11-21/h2-5,12,14-16H,6-11H2,1H3,(H,23,24). The molecule has 2 aromatic rings. The number of thiazole rings is 1. The molecule has 1 N–H and O–H groups in total. The highest BCUT2D eigenvalue weighted by atomic mass is 32.1. The number of nitrogens with one attached hydrogen (secondary N) is 1. The zero-order chi connectivity index (χ0) is 17.0. The Balaban J connectivity index is 1.33. The number of benzene rings is 1. The Labute approximate surface area is 152 Å². The average Bonchev–Trinajstić information content (AvgIpc) is 3.01. The largest absolute Gasteiger partial charge is 0.326 e. The smallest absolute Gasteiger partial charge is 0.230 e. The number of aromatic nitrogens is 1. The third-order valence-corrected chi connectivity index (χ3v) is 7.35. The lowest BCUT2D eigenvalue weighted by Crippen LogP contribution is -2.51. The molecule has 0 radical (unpaired) electrons. The summed E-state index contributed by atoms with van der Waals surface area (Å²) in [6.07, 6.45) is 7.44. The van der Waals surface area contributed by atoms with Crippen LogP contribution in [0.15, 0.2) is 29.6 Å². The van der Waals surface area contributed by atoms with Crippen LogP contribution in [-0.2, 0) is 4.79 Å². The van der Waals surface area contributed by atoms with Gasteiger partial charge in [0.2, 0.25) is 5.91 Å². The lowest BCUT2D eigenvalue weighted by Gasteiger charge is -2.55. The lowest BCUT2D eigenvalue weighted by atomic mass is 9.49. The quantitative estimate of drug-likeness (QED) is 0.817. The first-order chi connectivity index (χ1) is 12.1. The maximum absolute atomic E-state index is 13.1. The predicted octanol–water partition coefficient (Wildman–Crippen LogP) is 5.27. The van der Waals surface area contributed by atoms with Crippen LogP contribution in [0.4, 0.5) is 5.69 Å². The van der Waals surface area contributed by atoms with E-state index in [1.807, 2.05) is 19.1 Å². The second-order valence-corrected chi connectivity index (χ2v) is 9.54. The molecule has 3 nitrogen and oxygen atoms in total. The fourth-order valence-corrected chi connectivity index (χ4v) is 6.49. The molecule has 25 heavy (non-hydrogen) atoms. The summed E-state index contributed by atoms with van der Waals surface area (Å²) >= 11 is 1.67. The average molecular weight is 353 g/mol. The number of carbonyl (C=O) groups is 1. The van der Waals surface area contributed by atoms with Crippen LogP contribution in [0.1, 0.15) is 43.5 Å². The molecule has 4 aliphatic carbocycles. The van der Waals surface area contributed by atoms with Gasteiger partial charge in [-0.15, -0.1) is 11.3 Å². The van der Waals surface area contributed by atoms with Gasteiger partial charge in [0.05, 0.1) is 16.1 Å². The molecule has 4 fully saturated rings. The first-order valence-corrected chi connectivity index (χ1v) is 10.3. The summed E-state index contributed by atoms with van der Waals surface area (Å²) in [5.41, 5.74) is 2.95. The highest BCUT2D eigenvalue weighted by molar-refractivity contribution is 7.09. The van der Waals surface area contributed by atoms with Gasteiger partial charge < -0.3 is 5.32 Å². The van der Waals surface area contributed by atoms with E-state index in [1.165, 1.54) is 19.3 Å². The summed E-state index contributed by atoms with van der Waals surface area (Å²) in [6, 6.07) is 8.15.